The van der Waals surface area contributed by atoms with Crippen molar-refractivity contribution in [3.63, 3.8) is 0 Å². The molecule has 0 radical (unpaired) electrons. The Kier molecular flexibility index (Phi) is 11.1. The van der Waals surface area contributed by atoms with Gasteiger partial charge >= 0.3 is 10.4 Å². The quantitative estimate of drug-likeness (QED) is 0.0658. The number of rotatable bonds is 13. The number of benzene rings is 1. The van der Waals surface area contributed by atoms with Gasteiger partial charge in [-0.1, -0.05) is 5.16 Å². The highest BCUT2D eigenvalue weighted by molar-refractivity contribution is 7.80. The highest BCUT2D eigenvalue weighted by Crippen LogP contribution is 2.34. The summed E-state index contributed by atoms with van der Waals surface area (Å²) in [6, 6.07) is 4.59. The number of carbonyl (C=O) groups excluding carboxylic acids is 2. The van der Waals surface area contributed by atoms with Crippen LogP contribution in [0.25, 0.3) is 0 Å². The first-order valence-corrected chi connectivity index (χ1v) is 18.4. The molecule has 0 bridgehead atoms. The number of amidine groups is 1. The van der Waals surface area contributed by atoms with Crippen molar-refractivity contribution in [2.45, 2.75) is 83.1 Å². The Balaban J connectivity index is 1.23. The normalized spacial score (nSPS) is 24.7. The van der Waals surface area contributed by atoms with E-state index >= 15 is 0 Å². The molecule has 18 heteroatoms. The molecule has 3 heterocycles. The smallest absolute Gasteiger partial charge is 0.418 e. The Labute approximate surface area is 289 Å². The van der Waals surface area contributed by atoms with E-state index in [2.05, 4.69) is 30.0 Å². The van der Waals surface area contributed by atoms with Gasteiger partial charge in [-0.15, -0.1) is 15.6 Å². The fourth-order valence-electron chi connectivity index (χ4n) is 6.19. The molecule has 268 valence electrons. The molecule has 1 saturated heterocycles. The van der Waals surface area contributed by atoms with Gasteiger partial charge in [0, 0.05) is 24.5 Å². The average Bonchev–Trinajstić information content (AvgIpc) is 3.56. The lowest BCUT2D eigenvalue weighted by Crippen LogP contribution is -2.76. The van der Waals surface area contributed by atoms with E-state index in [0.29, 0.717) is 53.0 Å². The molecule has 5 rings (SSSR count). The monoisotopic (exact) mass is 720 g/mol. The Morgan fingerprint density at radius 1 is 1.24 bits per heavy atom. The first-order chi connectivity index (χ1) is 23.2. The largest absolute Gasteiger partial charge is 0.486 e. The molecule has 0 spiro atoms. The van der Waals surface area contributed by atoms with Gasteiger partial charge in [0.15, 0.2) is 16.9 Å². The van der Waals surface area contributed by atoms with Crippen LogP contribution in [0.1, 0.15) is 69.7 Å². The molecule has 1 aromatic heterocycles. The minimum absolute atomic E-state index is 0.194. The van der Waals surface area contributed by atoms with Crippen LogP contribution >= 0.6 is 11.3 Å². The van der Waals surface area contributed by atoms with Gasteiger partial charge in [0.2, 0.25) is 0 Å². The van der Waals surface area contributed by atoms with Gasteiger partial charge < -0.3 is 31.7 Å². The summed E-state index contributed by atoms with van der Waals surface area (Å²) in [5, 5.41) is 12.2. The van der Waals surface area contributed by atoms with Gasteiger partial charge in [-0.05, 0) is 101 Å². The summed E-state index contributed by atoms with van der Waals surface area (Å²) < 4.78 is 42.0. The van der Waals surface area contributed by atoms with Crippen molar-refractivity contribution in [2.24, 2.45) is 33.5 Å². The van der Waals surface area contributed by atoms with Crippen molar-refractivity contribution in [1.29, 1.82) is 0 Å². The van der Waals surface area contributed by atoms with E-state index in [1.807, 2.05) is 18.2 Å². The maximum absolute atomic E-state index is 13.5. The first-order valence-electron chi connectivity index (χ1n) is 16.2. The molecule has 2 amide bonds. The third-order valence-corrected chi connectivity index (χ3v) is 10.5. The van der Waals surface area contributed by atoms with Crippen molar-refractivity contribution in [2.75, 3.05) is 25.5 Å². The lowest BCUT2D eigenvalue weighted by molar-refractivity contribution is -0.218. The number of nitrogens with one attached hydrogen (secondary N) is 2. The molecule has 2 fully saturated rings. The first kappa shape index (κ1) is 36.4. The van der Waals surface area contributed by atoms with E-state index in [9.17, 15) is 18.0 Å². The second-order valence-electron chi connectivity index (χ2n) is 13.1. The molecular formula is C31H44N8O8S2. The molecule has 49 heavy (non-hydrogen) atoms. The van der Waals surface area contributed by atoms with Crippen molar-refractivity contribution < 1.29 is 36.4 Å². The van der Waals surface area contributed by atoms with Crippen LogP contribution in [0.4, 0.5) is 5.13 Å². The molecule has 2 aliphatic heterocycles. The molecule has 3 aliphatic rings. The van der Waals surface area contributed by atoms with Gasteiger partial charge in [0.05, 0.1) is 5.54 Å². The van der Waals surface area contributed by atoms with Gasteiger partial charge in [-0.2, -0.15) is 13.5 Å². The third-order valence-electron chi connectivity index (χ3n) is 9.28. The number of anilines is 1. The van der Waals surface area contributed by atoms with E-state index in [-0.39, 0.29) is 17.5 Å². The van der Waals surface area contributed by atoms with Crippen LogP contribution in [0.5, 0.6) is 5.75 Å². The topological polar surface area (TPSA) is 233 Å². The lowest BCUT2D eigenvalue weighted by Gasteiger charge is -2.50. The van der Waals surface area contributed by atoms with Gasteiger partial charge in [0.1, 0.15) is 29.4 Å². The van der Waals surface area contributed by atoms with Crippen LogP contribution in [-0.2, 0) is 35.5 Å². The molecular weight excluding hydrogens is 677 g/mol. The fourth-order valence-corrected chi connectivity index (χ4v) is 7.30. The fraction of sp³-hybridized carbons (Fsp3) is 0.581. The minimum Gasteiger partial charge on any atom is -0.486 e. The highest BCUT2D eigenvalue weighted by atomic mass is 32.3. The van der Waals surface area contributed by atoms with Crippen molar-refractivity contribution in [1.82, 2.24) is 15.4 Å². The summed E-state index contributed by atoms with van der Waals surface area (Å²) >= 11 is 1.24. The number of amides is 2. The second-order valence-corrected chi connectivity index (χ2v) is 15.0. The van der Waals surface area contributed by atoms with E-state index in [4.69, 9.17) is 25.6 Å². The Hall–Kier alpha value is -3.84. The summed E-state index contributed by atoms with van der Waals surface area (Å²) in [6.07, 6.45) is 4.90. The minimum atomic E-state index is -4.95. The van der Waals surface area contributed by atoms with Gasteiger partial charge in [0.25, 0.3) is 11.8 Å². The van der Waals surface area contributed by atoms with Crippen LogP contribution in [0.15, 0.2) is 33.7 Å². The maximum atomic E-state index is 13.5. The number of oxime groups is 1. The molecule has 16 nitrogen and oxygen atoms in total. The number of β-lactam (4-membered cyclic amide) rings is 1. The van der Waals surface area contributed by atoms with E-state index < -0.39 is 39.9 Å². The van der Waals surface area contributed by atoms with Crippen LogP contribution < -0.4 is 26.8 Å². The van der Waals surface area contributed by atoms with Crippen LogP contribution in [0, 0.1) is 11.8 Å². The van der Waals surface area contributed by atoms with E-state index in [0.717, 1.165) is 43.4 Å². The number of ether oxygens (including phenoxy) is 1. The van der Waals surface area contributed by atoms with Gasteiger partial charge in [-0.25, -0.2) is 4.98 Å². The molecule has 1 aromatic carbocycles. The number of thiazole rings is 1. The number of aromatic nitrogens is 1. The molecule has 1 saturated carbocycles. The molecule has 3 atom stereocenters. The summed E-state index contributed by atoms with van der Waals surface area (Å²) in [4.78, 5) is 40.9. The predicted molar refractivity (Wildman–Crippen MR) is 184 cm³/mol. The SMILES string of the molecule is CNc1nc(/C(=N/OC(C)C2CCc3cc(C(N)=NCC4CCC(CN)CC4)ccc3O2)C(=O)NC2C(=O)N(OS(=O)(=O)O)C2(C)C)cs1. The number of nitrogens with two attached hydrogens (primary N) is 2. The summed E-state index contributed by atoms with van der Waals surface area (Å²) in [5.41, 5.74) is 12.7. The number of nitrogens with zero attached hydrogens (tertiary/aromatic N) is 4. The maximum Gasteiger partial charge on any atom is 0.418 e. The number of hydrogen-bond donors (Lipinski definition) is 5. The number of fused-ring (bicyclic) bond motifs is 1. The van der Waals surface area contributed by atoms with Crippen molar-refractivity contribution in [3.05, 3.63) is 40.4 Å². The summed E-state index contributed by atoms with van der Waals surface area (Å²) in [5.74, 6) is 0.697. The number of carbonyl (C=O) groups is 2. The zero-order valence-corrected chi connectivity index (χ0v) is 29.6. The highest BCUT2D eigenvalue weighted by Gasteiger charge is 2.58. The second kappa shape index (κ2) is 15.0. The average molecular weight is 721 g/mol. The van der Waals surface area contributed by atoms with E-state index in [1.54, 1.807) is 19.4 Å². The molecule has 3 unspecified atom stereocenters. The number of hydroxylamine groups is 2. The molecule has 7 N–H and O–H groups in total. The van der Waals surface area contributed by atoms with E-state index in [1.165, 1.54) is 25.2 Å². The van der Waals surface area contributed by atoms with Crippen LogP contribution in [-0.4, -0.2) is 90.3 Å². The Bertz CT molecular complexity index is 1700. The van der Waals surface area contributed by atoms with Gasteiger partial charge in [-0.3, -0.25) is 19.1 Å². The Morgan fingerprint density at radius 3 is 2.59 bits per heavy atom. The van der Waals surface area contributed by atoms with Crippen molar-refractivity contribution >= 4 is 50.2 Å². The third kappa shape index (κ3) is 8.49. The van der Waals surface area contributed by atoms with Crippen LogP contribution in [0.3, 0.4) is 0 Å². The zero-order chi connectivity index (χ0) is 35.5. The van der Waals surface area contributed by atoms with Crippen LogP contribution in [0.2, 0.25) is 0 Å². The number of aliphatic imine (C=N–C) groups is 1. The summed E-state index contributed by atoms with van der Waals surface area (Å²) in [7, 11) is -3.28. The molecule has 2 aromatic rings. The lowest BCUT2D eigenvalue weighted by atomic mass is 9.82. The molecule has 1 aliphatic carbocycles. The number of hydrogen-bond acceptors (Lipinski definition) is 13. The van der Waals surface area contributed by atoms with Crippen molar-refractivity contribution in [3.8, 4) is 5.75 Å². The number of aryl methyl sites for hydroxylation is 1. The predicted octanol–water partition coefficient (Wildman–Crippen LogP) is 2.00. The Morgan fingerprint density at radius 2 is 1.96 bits per heavy atom. The standard InChI is InChI=1S/C31H44N8O8S2/c1-17(23-11-9-20-13-21(10-12-24(20)45-23)27(33)35-15-19-7-5-18(14-32)6-8-19)46-38-25(22-16-48-30(34-4)36-22)28(40)37-26-29(41)39(31(26,2)3)47-49(42,43)44/h10,12-13,16-19,23,26H,5-9,11,14-15,32H2,1-4H3,(H2,33,35)(H,34,36)(H,37,40)(H,42,43,44)/b38-25-. The zero-order valence-electron chi connectivity index (χ0n) is 27.9. The summed E-state index contributed by atoms with van der Waals surface area (Å²) in [6.45, 7) is 6.15.